The zero-order valence-electron chi connectivity index (χ0n) is 21.9. The van der Waals surface area contributed by atoms with Crippen molar-refractivity contribution in [2.24, 2.45) is 5.10 Å². The summed E-state index contributed by atoms with van der Waals surface area (Å²) >= 11 is 3.35. The minimum Gasteiger partial charge on any atom is -0.504 e. The number of methoxy groups -OCH3 is 1. The van der Waals surface area contributed by atoms with E-state index in [-0.39, 0.29) is 17.9 Å². The number of amides is 2. The van der Waals surface area contributed by atoms with Crippen molar-refractivity contribution in [3.8, 4) is 23.0 Å². The fourth-order valence-corrected chi connectivity index (χ4v) is 4.18. The lowest BCUT2D eigenvalue weighted by Crippen LogP contribution is -2.45. The second kappa shape index (κ2) is 13.7. The van der Waals surface area contributed by atoms with Crippen molar-refractivity contribution in [2.75, 3.05) is 26.9 Å². The Morgan fingerprint density at radius 1 is 1.15 bits per heavy atom. The van der Waals surface area contributed by atoms with E-state index in [2.05, 4.69) is 37.1 Å². The number of esters is 1. The fourth-order valence-electron chi connectivity index (χ4n) is 3.74. The smallest absolute Gasteiger partial charge is 0.337 e. The Morgan fingerprint density at radius 2 is 1.87 bits per heavy atom. The van der Waals surface area contributed by atoms with Crippen molar-refractivity contribution in [3.63, 3.8) is 0 Å². The van der Waals surface area contributed by atoms with Crippen LogP contribution in [-0.2, 0) is 9.53 Å². The van der Waals surface area contributed by atoms with Gasteiger partial charge in [-0.25, -0.2) is 9.59 Å². The van der Waals surface area contributed by atoms with Gasteiger partial charge in [0.2, 0.25) is 0 Å². The largest absolute Gasteiger partial charge is 0.504 e. The molecule has 1 aliphatic rings. The summed E-state index contributed by atoms with van der Waals surface area (Å²) in [5, 5.41) is 29.6. The third-order valence-electron chi connectivity index (χ3n) is 5.48. The molecular formula is C26H31BrN4O8. The van der Waals surface area contributed by atoms with E-state index >= 15 is 0 Å². The monoisotopic (exact) mass is 606 g/mol. The lowest BCUT2D eigenvalue weighted by Gasteiger charge is -2.28. The summed E-state index contributed by atoms with van der Waals surface area (Å²) in [6.07, 6.45) is 0.287. The van der Waals surface area contributed by atoms with Gasteiger partial charge in [-0.2, -0.15) is 5.10 Å². The molecule has 2 atom stereocenters. The number of hydrogen-bond acceptors (Lipinski definition) is 10. The highest BCUT2D eigenvalue weighted by Gasteiger charge is 2.32. The maximum atomic E-state index is 12.4. The van der Waals surface area contributed by atoms with Crippen LogP contribution < -0.4 is 30.3 Å². The average Bonchev–Trinajstić information content (AvgIpc) is 2.89. The molecule has 0 unspecified atom stereocenters. The summed E-state index contributed by atoms with van der Waals surface area (Å²) in [6.45, 7) is 5.77. The molecule has 12 nitrogen and oxygen atoms in total. The minimum atomic E-state index is -1.17. The number of hydrazone groups is 1. The number of carbonyl (C=O) groups excluding carboxylic acids is 2. The van der Waals surface area contributed by atoms with Crippen LogP contribution in [0, 0.1) is 0 Å². The number of aliphatic hydroxyl groups excluding tert-OH is 1. The van der Waals surface area contributed by atoms with Gasteiger partial charge >= 0.3 is 12.0 Å². The molecule has 1 aliphatic heterocycles. The molecule has 0 aromatic heterocycles. The third kappa shape index (κ3) is 7.54. The Balaban J connectivity index is 1.70. The molecule has 0 spiro atoms. The number of aliphatic hydroxyl groups is 1. The predicted molar refractivity (Wildman–Crippen MR) is 146 cm³/mol. The van der Waals surface area contributed by atoms with Crippen molar-refractivity contribution < 1.29 is 38.7 Å². The third-order valence-corrected chi connectivity index (χ3v) is 6.16. The second-order valence-electron chi connectivity index (χ2n) is 8.19. The Labute approximate surface area is 234 Å². The number of urea groups is 1. The molecule has 0 radical (unpaired) electrons. The van der Waals surface area contributed by atoms with E-state index in [0.29, 0.717) is 51.8 Å². The number of hydrogen-bond donors (Lipinski definition) is 5. The SMILES string of the molecule is CCOc1cc(/C=N\N[C@@H](O)COc2ccc([C@H]3NC(=O)NC(C)=C3C(=O)OC)cc2OCC)c(Br)cc1O. The Hall–Kier alpha value is -3.97. The average molecular weight is 607 g/mol. The zero-order valence-corrected chi connectivity index (χ0v) is 23.5. The fraction of sp³-hybridized carbons (Fsp3) is 0.346. The lowest BCUT2D eigenvalue weighted by atomic mass is 9.95. The van der Waals surface area contributed by atoms with Crippen molar-refractivity contribution in [1.29, 1.82) is 0 Å². The van der Waals surface area contributed by atoms with Gasteiger partial charge in [0, 0.05) is 15.7 Å². The number of carbonyl (C=O) groups is 2. The van der Waals surface area contributed by atoms with E-state index in [1.54, 1.807) is 45.0 Å². The molecule has 0 aliphatic carbocycles. The van der Waals surface area contributed by atoms with Crippen LogP contribution >= 0.6 is 15.9 Å². The van der Waals surface area contributed by atoms with Crippen molar-refractivity contribution in [3.05, 3.63) is 57.2 Å². The summed E-state index contributed by atoms with van der Waals surface area (Å²) in [4.78, 5) is 24.5. The van der Waals surface area contributed by atoms with Gasteiger partial charge in [0.1, 0.15) is 6.61 Å². The molecule has 1 heterocycles. The molecule has 2 aromatic rings. The Kier molecular flexibility index (Phi) is 10.4. The first-order valence-electron chi connectivity index (χ1n) is 12.1. The molecule has 13 heteroatoms. The summed E-state index contributed by atoms with van der Waals surface area (Å²) in [7, 11) is 1.27. The number of ether oxygens (including phenoxy) is 4. The number of rotatable bonds is 12. The van der Waals surface area contributed by atoms with Gasteiger partial charge in [0.15, 0.2) is 29.2 Å². The first kappa shape index (κ1) is 29.6. The molecular weight excluding hydrogens is 576 g/mol. The number of benzene rings is 2. The Bertz CT molecular complexity index is 1270. The summed E-state index contributed by atoms with van der Waals surface area (Å²) in [6, 6.07) is 6.85. The van der Waals surface area contributed by atoms with Gasteiger partial charge in [0.25, 0.3) is 0 Å². The number of nitrogens with one attached hydrogen (secondary N) is 3. The van der Waals surface area contributed by atoms with Gasteiger partial charge in [-0.05, 0) is 66.5 Å². The topological polar surface area (TPSA) is 160 Å². The number of aromatic hydroxyl groups is 1. The van der Waals surface area contributed by atoms with Gasteiger partial charge < -0.3 is 39.8 Å². The number of nitrogens with zero attached hydrogens (tertiary/aromatic N) is 1. The van der Waals surface area contributed by atoms with E-state index in [0.717, 1.165) is 0 Å². The normalized spacial score (nSPS) is 15.8. The molecule has 39 heavy (non-hydrogen) atoms. The van der Waals surface area contributed by atoms with E-state index in [9.17, 15) is 19.8 Å². The standard InChI is InChI=1S/C26H31BrN4O8/c1-5-37-20-10-16(17(27)11-18(20)32)12-28-31-22(33)13-39-19-8-7-15(9-21(19)38-6-2)24-23(25(34)36-4)14(3)29-26(35)30-24/h7-12,22,24,31-33H,5-6,13H2,1-4H3,(H2,29,30,35)/b28-12-/t22-,24+/m0/s1. The predicted octanol–water partition coefficient (Wildman–Crippen LogP) is 3.07. The van der Waals surface area contributed by atoms with Gasteiger partial charge in [-0.3, -0.25) is 5.43 Å². The van der Waals surface area contributed by atoms with Crippen molar-refractivity contribution in [2.45, 2.75) is 33.0 Å². The number of phenols is 1. The molecule has 2 aromatic carbocycles. The van der Waals surface area contributed by atoms with E-state index in [1.165, 1.54) is 19.4 Å². The first-order chi connectivity index (χ1) is 18.7. The highest BCUT2D eigenvalue weighted by molar-refractivity contribution is 9.10. The summed E-state index contributed by atoms with van der Waals surface area (Å²) < 4.78 is 22.3. The van der Waals surface area contributed by atoms with Gasteiger partial charge in [-0.15, -0.1) is 0 Å². The van der Waals surface area contributed by atoms with Crippen LogP contribution in [0.5, 0.6) is 23.0 Å². The lowest BCUT2D eigenvalue weighted by molar-refractivity contribution is -0.136. The van der Waals surface area contributed by atoms with E-state index in [4.69, 9.17) is 18.9 Å². The van der Waals surface area contributed by atoms with Gasteiger partial charge in [-0.1, -0.05) is 6.07 Å². The summed E-state index contributed by atoms with van der Waals surface area (Å²) in [5.41, 5.74) is 4.41. The molecule has 0 saturated carbocycles. The Morgan fingerprint density at radius 3 is 2.56 bits per heavy atom. The highest BCUT2D eigenvalue weighted by Crippen LogP contribution is 2.35. The van der Waals surface area contributed by atoms with Crippen molar-refractivity contribution in [1.82, 2.24) is 16.1 Å². The van der Waals surface area contributed by atoms with E-state index in [1.807, 2.05) is 0 Å². The van der Waals surface area contributed by atoms with Gasteiger partial charge in [0.05, 0.1) is 38.2 Å². The second-order valence-corrected chi connectivity index (χ2v) is 9.04. The molecule has 2 amide bonds. The molecule has 210 valence electrons. The van der Waals surface area contributed by atoms with Crippen molar-refractivity contribution >= 4 is 34.1 Å². The minimum absolute atomic E-state index is 0.00593. The number of phenolic OH excluding ortho intramolecular Hbond substituents is 1. The maximum Gasteiger partial charge on any atom is 0.337 e. The van der Waals surface area contributed by atoms with Crippen LogP contribution in [-0.4, -0.2) is 61.6 Å². The highest BCUT2D eigenvalue weighted by atomic mass is 79.9. The van der Waals surface area contributed by atoms with Crippen LogP contribution in [0.4, 0.5) is 4.79 Å². The molecule has 0 bridgehead atoms. The zero-order chi connectivity index (χ0) is 28.5. The van der Waals surface area contributed by atoms with Crippen LogP contribution in [0.2, 0.25) is 0 Å². The van der Waals surface area contributed by atoms with Crippen LogP contribution in [0.15, 0.2) is 51.2 Å². The maximum absolute atomic E-state index is 12.4. The molecule has 5 N–H and O–H groups in total. The molecule has 0 fully saturated rings. The van der Waals surface area contributed by atoms with Crippen LogP contribution in [0.3, 0.4) is 0 Å². The number of allylic oxidation sites excluding steroid dienone is 1. The van der Waals surface area contributed by atoms with Crippen LogP contribution in [0.1, 0.15) is 37.9 Å². The number of halogens is 1. The van der Waals surface area contributed by atoms with Crippen LogP contribution in [0.25, 0.3) is 0 Å². The quantitative estimate of drug-likeness (QED) is 0.106. The molecule has 0 saturated heterocycles. The van der Waals surface area contributed by atoms with E-state index < -0.39 is 24.3 Å². The first-order valence-corrected chi connectivity index (χ1v) is 12.9. The summed E-state index contributed by atoms with van der Waals surface area (Å²) in [5.74, 6) is 0.428. The molecule has 3 rings (SSSR count).